The van der Waals surface area contributed by atoms with Crippen molar-refractivity contribution >= 4 is 15.9 Å². The van der Waals surface area contributed by atoms with E-state index in [0.717, 1.165) is 26.7 Å². The van der Waals surface area contributed by atoms with Crippen molar-refractivity contribution in [3.05, 3.63) is 68.9 Å². The minimum absolute atomic E-state index is 0.246. The van der Waals surface area contributed by atoms with Gasteiger partial charge in [-0.25, -0.2) is 9.82 Å². The lowest BCUT2D eigenvalue weighted by molar-refractivity contribution is 0.603. The lowest BCUT2D eigenvalue weighted by atomic mass is 9.97. The average Bonchev–Trinajstić information content (AvgIpc) is 2.31. The van der Waals surface area contributed by atoms with Crippen molar-refractivity contribution in [3.8, 4) is 0 Å². The molecule has 4 heteroatoms. The van der Waals surface area contributed by atoms with Gasteiger partial charge in [0, 0.05) is 4.47 Å². The molecule has 1 unspecified atom stereocenters. The molecule has 0 aliphatic carbocycles. The van der Waals surface area contributed by atoms with Crippen LogP contribution in [0.2, 0.25) is 0 Å². The summed E-state index contributed by atoms with van der Waals surface area (Å²) in [6.07, 6.45) is 0. The molecule has 3 N–H and O–H groups in total. The SMILES string of the molecule is Cc1cc(F)cc(C(NN)c2ccc(C)cc2Br)c1. The van der Waals surface area contributed by atoms with Crippen LogP contribution in [0.3, 0.4) is 0 Å². The second kappa shape index (κ2) is 5.82. The molecular formula is C15H16BrFN2. The van der Waals surface area contributed by atoms with Crippen LogP contribution in [0.25, 0.3) is 0 Å². The Kier molecular flexibility index (Phi) is 4.34. The molecule has 0 fully saturated rings. The van der Waals surface area contributed by atoms with Crippen molar-refractivity contribution in [2.75, 3.05) is 0 Å². The highest BCUT2D eigenvalue weighted by atomic mass is 79.9. The third-order valence-corrected chi connectivity index (χ3v) is 3.72. The van der Waals surface area contributed by atoms with Gasteiger partial charge in [0.25, 0.3) is 0 Å². The lowest BCUT2D eigenvalue weighted by Crippen LogP contribution is -2.29. The Bertz CT molecular complexity index is 578. The van der Waals surface area contributed by atoms with Crippen molar-refractivity contribution in [2.24, 2.45) is 5.84 Å². The van der Waals surface area contributed by atoms with Crippen LogP contribution in [0.4, 0.5) is 4.39 Å². The minimum atomic E-state index is -0.251. The number of hydrogen-bond acceptors (Lipinski definition) is 2. The second-order valence-corrected chi connectivity index (χ2v) is 5.54. The van der Waals surface area contributed by atoms with Crippen molar-refractivity contribution in [2.45, 2.75) is 19.9 Å². The maximum atomic E-state index is 13.5. The quantitative estimate of drug-likeness (QED) is 0.667. The first-order valence-corrected chi connectivity index (χ1v) is 6.80. The van der Waals surface area contributed by atoms with Crippen LogP contribution in [0.15, 0.2) is 40.9 Å². The van der Waals surface area contributed by atoms with Gasteiger partial charge >= 0.3 is 0 Å². The van der Waals surface area contributed by atoms with Crippen LogP contribution >= 0.6 is 15.9 Å². The summed E-state index contributed by atoms with van der Waals surface area (Å²) in [5.74, 6) is 5.40. The normalized spacial score (nSPS) is 12.5. The van der Waals surface area contributed by atoms with Crippen LogP contribution in [0, 0.1) is 19.7 Å². The fourth-order valence-corrected chi connectivity index (χ4v) is 2.89. The molecule has 2 aromatic carbocycles. The molecule has 0 radical (unpaired) electrons. The van der Waals surface area contributed by atoms with Gasteiger partial charge in [-0.2, -0.15) is 0 Å². The van der Waals surface area contributed by atoms with Crippen LogP contribution in [-0.2, 0) is 0 Å². The molecule has 0 saturated heterocycles. The summed E-state index contributed by atoms with van der Waals surface area (Å²) >= 11 is 3.53. The van der Waals surface area contributed by atoms with E-state index in [1.807, 2.05) is 38.1 Å². The minimum Gasteiger partial charge on any atom is -0.271 e. The summed E-state index contributed by atoms with van der Waals surface area (Å²) in [6, 6.07) is 10.7. The summed E-state index contributed by atoms with van der Waals surface area (Å²) in [6.45, 7) is 3.89. The van der Waals surface area contributed by atoms with Crippen LogP contribution < -0.4 is 11.3 Å². The van der Waals surface area contributed by atoms with Gasteiger partial charge in [0.15, 0.2) is 0 Å². The molecule has 0 saturated carbocycles. The highest BCUT2D eigenvalue weighted by Crippen LogP contribution is 2.29. The van der Waals surface area contributed by atoms with Gasteiger partial charge in [-0.1, -0.05) is 34.1 Å². The van der Waals surface area contributed by atoms with E-state index < -0.39 is 0 Å². The first-order chi connectivity index (χ1) is 9.01. The molecule has 0 heterocycles. The highest BCUT2D eigenvalue weighted by Gasteiger charge is 2.16. The molecule has 2 aromatic rings. The van der Waals surface area contributed by atoms with E-state index in [-0.39, 0.29) is 11.9 Å². The van der Waals surface area contributed by atoms with Crippen molar-refractivity contribution < 1.29 is 4.39 Å². The molecule has 100 valence electrons. The van der Waals surface area contributed by atoms with Gasteiger partial charge in [0.1, 0.15) is 5.82 Å². The van der Waals surface area contributed by atoms with Gasteiger partial charge in [-0.05, 0) is 54.3 Å². The number of hydrogen-bond donors (Lipinski definition) is 2. The smallest absolute Gasteiger partial charge is 0.123 e. The van der Waals surface area contributed by atoms with E-state index in [0.29, 0.717) is 0 Å². The third kappa shape index (κ3) is 3.21. The van der Waals surface area contributed by atoms with Crippen molar-refractivity contribution in [1.29, 1.82) is 0 Å². The standard InChI is InChI=1S/C15H16BrFN2/c1-9-3-4-13(14(16)7-9)15(19-18)11-5-10(2)6-12(17)8-11/h3-8,15,19H,18H2,1-2H3. The number of nitrogens with one attached hydrogen (secondary N) is 1. The zero-order valence-electron chi connectivity index (χ0n) is 10.9. The van der Waals surface area contributed by atoms with Gasteiger partial charge in [0.2, 0.25) is 0 Å². The van der Waals surface area contributed by atoms with E-state index in [9.17, 15) is 4.39 Å². The molecule has 2 nitrogen and oxygen atoms in total. The van der Waals surface area contributed by atoms with E-state index in [2.05, 4.69) is 21.4 Å². The molecule has 0 bridgehead atoms. The Morgan fingerprint density at radius 3 is 2.42 bits per heavy atom. The molecule has 1 atom stereocenters. The second-order valence-electron chi connectivity index (χ2n) is 4.69. The molecule has 0 spiro atoms. The first kappa shape index (κ1) is 14.2. The Labute approximate surface area is 120 Å². The number of rotatable bonds is 3. The Morgan fingerprint density at radius 2 is 1.84 bits per heavy atom. The first-order valence-electron chi connectivity index (χ1n) is 6.00. The topological polar surface area (TPSA) is 38.0 Å². The van der Waals surface area contributed by atoms with E-state index in [1.165, 1.54) is 12.1 Å². The van der Waals surface area contributed by atoms with E-state index >= 15 is 0 Å². The maximum Gasteiger partial charge on any atom is 0.123 e. The largest absolute Gasteiger partial charge is 0.271 e. The molecule has 19 heavy (non-hydrogen) atoms. The Hall–Kier alpha value is -1.23. The van der Waals surface area contributed by atoms with Crippen molar-refractivity contribution in [3.63, 3.8) is 0 Å². The number of nitrogens with two attached hydrogens (primary N) is 1. The lowest BCUT2D eigenvalue weighted by Gasteiger charge is -2.19. The molecule has 0 aliphatic heterocycles. The van der Waals surface area contributed by atoms with E-state index in [1.54, 1.807) is 0 Å². The maximum absolute atomic E-state index is 13.5. The molecular weight excluding hydrogens is 307 g/mol. The molecule has 2 rings (SSSR count). The highest BCUT2D eigenvalue weighted by molar-refractivity contribution is 9.10. The Balaban J connectivity index is 2.49. The number of halogens is 2. The van der Waals surface area contributed by atoms with Crippen LogP contribution in [0.5, 0.6) is 0 Å². The fourth-order valence-electron chi connectivity index (χ4n) is 2.16. The Morgan fingerprint density at radius 1 is 1.11 bits per heavy atom. The summed E-state index contributed by atoms with van der Waals surface area (Å²) in [4.78, 5) is 0. The predicted octanol–water partition coefficient (Wildman–Crippen LogP) is 3.76. The zero-order chi connectivity index (χ0) is 14.0. The third-order valence-electron chi connectivity index (χ3n) is 3.03. The van der Waals surface area contributed by atoms with Gasteiger partial charge in [-0.15, -0.1) is 0 Å². The summed E-state index contributed by atoms with van der Waals surface area (Å²) in [5, 5.41) is 0. The average molecular weight is 323 g/mol. The van der Waals surface area contributed by atoms with Crippen LogP contribution in [-0.4, -0.2) is 0 Å². The summed E-state index contributed by atoms with van der Waals surface area (Å²) < 4.78 is 14.5. The molecule has 0 aliphatic rings. The predicted molar refractivity (Wildman–Crippen MR) is 79.2 cm³/mol. The van der Waals surface area contributed by atoms with E-state index in [4.69, 9.17) is 5.84 Å². The summed E-state index contributed by atoms with van der Waals surface area (Å²) in [7, 11) is 0. The molecule has 0 aromatic heterocycles. The van der Waals surface area contributed by atoms with Crippen molar-refractivity contribution in [1.82, 2.24) is 5.43 Å². The number of hydrazine groups is 1. The van der Waals surface area contributed by atoms with Gasteiger partial charge in [-0.3, -0.25) is 5.84 Å². The fraction of sp³-hybridized carbons (Fsp3) is 0.200. The van der Waals surface area contributed by atoms with Gasteiger partial charge in [0.05, 0.1) is 6.04 Å². The zero-order valence-corrected chi connectivity index (χ0v) is 12.5. The summed E-state index contributed by atoms with van der Waals surface area (Å²) in [5.41, 5.74) is 6.57. The number of benzene rings is 2. The van der Waals surface area contributed by atoms with Crippen LogP contribution in [0.1, 0.15) is 28.3 Å². The molecule has 0 amide bonds. The van der Waals surface area contributed by atoms with Gasteiger partial charge < -0.3 is 0 Å². The monoisotopic (exact) mass is 322 g/mol. The number of aryl methyl sites for hydroxylation is 2.